The average molecular weight is 579 g/mol. The molecule has 0 saturated carbocycles. The summed E-state index contributed by atoms with van der Waals surface area (Å²) in [5, 5.41) is 4.23. The number of halogens is 2. The maximum atomic E-state index is 12.5. The van der Waals surface area contributed by atoms with E-state index < -0.39 is 11.9 Å². The zero-order valence-corrected chi connectivity index (χ0v) is 20.5. The van der Waals surface area contributed by atoms with Gasteiger partial charge in [0.2, 0.25) is 0 Å². The first-order chi connectivity index (χ1) is 16.0. The topological polar surface area (TPSA) is 86.2 Å². The second-order valence-corrected chi connectivity index (χ2v) is 8.20. The maximum Gasteiger partial charge on any atom is 0.345 e. The molecule has 9 heteroatoms. The highest BCUT2D eigenvalue weighted by Gasteiger charge is 2.15. The number of carbonyl (C=O) groups excluding carboxylic acids is 2. The molecule has 0 unspecified atom stereocenters. The highest BCUT2D eigenvalue weighted by Crippen LogP contribution is 2.29. The average Bonchev–Trinajstić information content (AvgIpc) is 2.80. The van der Waals surface area contributed by atoms with Gasteiger partial charge in [-0.15, -0.1) is 0 Å². The van der Waals surface area contributed by atoms with Gasteiger partial charge in [0.25, 0.3) is 5.91 Å². The molecule has 0 heterocycles. The van der Waals surface area contributed by atoms with Crippen LogP contribution in [0.2, 0.25) is 5.02 Å². The van der Waals surface area contributed by atoms with Gasteiger partial charge in [-0.2, -0.15) is 5.10 Å². The van der Waals surface area contributed by atoms with E-state index in [1.165, 1.54) is 6.21 Å². The Kier molecular flexibility index (Phi) is 9.08. The number of esters is 1. The molecule has 33 heavy (non-hydrogen) atoms. The highest BCUT2D eigenvalue weighted by molar-refractivity contribution is 14.1. The van der Waals surface area contributed by atoms with E-state index in [1.807, 2.05) is 19.1 Å². The number of benzene rings is 3. The van der Waals surface area contributed by atoms with Crippen molar-refractivity contribution in [2.24, 2.45) is 5.10 Å². The SMILES string of the molecule is CCOc1cc(/C=N/NC(=O)COc2ccc(I)cc2)ccc1OC(=O)c1ccccc1Cl. The van der Waals surface area contributed by atoms with Crippen molar-refractivity contribution in [3.8, 4) is 17.2 Å². The van der Waals surface area contributed by atoms with Gasteiger partial charge >= 0.3 is 5.97 Å². The van der Waals surface area contributed by atoms with Gasteiger partial charge in [0.15, 0.2) is 18.1 Å². The summed E-state index contributed by atoms with van der Waals surface area (Å²) >= 11 is 8.25. The van der Waals surface area contributed by atoms with Gasteiger partial charge in [-0.1, -0.05) is 23.7 Å². The Morgan fingerprint density at radius 1 is 1.03 bits per heavy atom. The Labute approximate surface area is 209 Å². The summed E-state index contributed by atoms with van der Waals surface area (Å²) in [4.78, 5) is 24.4. The molecule has 0 aliphatic heterocycles. The lowest BCUT2D eigenvalue weighted by molar-refractivity contribution is -0.123. The Morgan fingerprint density at radius 3 is 2.52 bits per heavy atom. The number of hydrazone groups is 1. The summed E-state index contributed by atoms with van der Waals surface area (Å²) in [6.45, 7) is 2.01. The predicted octanol–water partition coefficient (Wildman–Crippen LogP) is 5.09. The van der Waals surface area contributed by atoms with E-state index in [1.54, 1.807) is 54.6 Å². The molecular formula is C24H20ClIN2O5. The van der Waals surface area contributed by atoms with Crippen LogP contribution >= 0.6 is 34.2 Å². The van der Waals surface area contributed by atoms with Crippen LogP contribution in [0.3, 0.4) is 0 Å². The van der Waals surface area contributed by atoms with E-state index in [9.17, 15) is 9.59 Å². The molecule has 0 aromatic heterocycles. The van der Waals surface area contributed by atoms with Crippen molar-refractivity contribution < 1.29 is 23.8 Å². The molecule has 0 radical (unpaired) electrons. The minimum atomic E-state index is -0.594. The third-order valence-corrected chi connectivity index (χ3v) is 5.20. The molecule has 1 N–H and O–H groups in total. The molecule has 0 fully saturated rings. The maximum absolute atomic E-state index is 12.5. The van der Waals surface area contributed by atoms with Crippen molar-refractivity contribution in [1.29, 1.82) is 0 Å². The van der Waals surface area contributed by atoms with Gasteiger partial charge in [-0.3, -0.25) is 4.79 Å². The van der Waals surface area contributed by atoms with Gasteiger partial charge in [-0.05, 0) is 89.7 Å². The fourth-order valence-electron chi connectivity index (χ4n) is 2.63. The third-order valence-electron chi connectivity index (χ3n) is 4.15. The summed E-state index contributed by atoms with van der Waals surface area (Å²) in [5.41, 5.74) is 3.29. The lowest BCUT2D eigenvalue weighted by Crippen LogP contribution is -2.24. The Bertz CT molecular complexity index is 1150. The van der Waals surface area contributed by atoms with Crippen LogP contribution in [0, 0.1) is 3.57 Å². The number of hydrogen-bond donors (Lipinski definition) is 1. The predicted molar refractivity (Wildman–Crippen MR) is 134 cm³/mol. The van der Waals surface area contributed by atoms with Crippen LogP contribution in [0.4, 0.5) is 0 Å². The van der Waals surface area contributed by atoms with Crippen LogP contribution in [0.15, 0.2) is 71.8 Å². The number of amides is 1. The third kappa shape index (κ3) is 7.47. The fourth-order valence-corrected chi connectivity index (χ4v) is 3.20. The van der Waals surface area contributed by atoms with Crippen LogP contribution in [-0.2, 0) is 4.79 Å². The molecule has 0 atom stereocenters. The summed E-state index contributed by atoms with van der Waals surface area (Å²) < 4.78 is 17.5. The van der Waals surface area contributed by atoms with Gasteiger partial charge in [-0.25, -0.2) is 10.2 Å². The molecule has 0 bridgehead atoms. The molecule has 7 nitrogen and oxygen atoms in total. The first-order valence-electron chi connectivity index (χ1n) is 9.90. The van der Waals surface area contributed by atoms with Gasteiger partial charge in [0.05, 0.1) is 23.4 Å². The molecule has 3 aromatic carbocycles. The van der Waals surface area contributed by atoms with E-state index in [2.05, 4.69) is 33.1 Å². The summed E-state index contributed by atoms with van der Waals surface area (Å²) in [6, 6.07) is 18.9. The molecule has 3 rings (SSSR count). The minimum absolute atomic E-state index is 0.168. The summed E-state index contributed by atoms with van der Waals surface area (Å²) in [5.74, 6) is 0.199. The van der Waals surface area contributed by atoms with Crippen molar-refractivity contribution in [2.45, 2.75) is 6.92 Å². The minimum Gasteiger partial charge on any atom is -0.490 e. The second-order valence-electron chi connectivity index (χ2n) is 6.54. The van der Waals surface area contributed by atoms with E-state index in [0.717, 1.165) is 3.57 Å². The van der Waals surface area contributed by atoms with E-state index in [0.29, 0.717) is 28.7 Å². The molecule has 0 saturated heterocycles. The van der Waals surface area contributed by atoms with Gasteiger partial charge < -0.3 is 14.2 Å². The first-order valence-corrected chi connectivity index (χ1v) is 11.4. The molecule has 0 aliphatic rings. The van der Waals surface area contributed by atoms with Crippen molar-refractivity contribution in [3.05, 3.63) is 86.4 Å². The molecule has 1 amide bonds. The van der Waals surface area contributed by atoms with Gasteiger partial charge in [0.1, 0.15) is 5.75 Å². The fraction of sp³-hybridized carbons (Fsp3) is 0.125. The Balaban J connectivity index is 1.60. The quantitative estimate of drug-likeness (QED) is 0.126. The summed E-state index contributed by atoms with van der Waals surface area (Å²) in [7, 11) is 0. The van der Waals surface area contributed by atoms with Crippen LogP contribution in [0.1, 0.15) is 22.8 Å². The standard InChI is InChI=1S/C24H20ClIN2O5/c1-2-31-22-13-16(7-12-21(22)33-24(30)19-5-3-4-6-20(19)25)14-27-28-23(29)15-32-18-10-8-17(26)9-11-18/h3-14H,2,15H2,1H3,(H,28,29)/b27-14+. The second kappa shape index (κ2) is 12.2. The molecular weight excluding hydrogens is 559 g/mol. The highest BCUT2D eigenvalue weighted by atomic mass is 127. The zero-order valence-electron chi connectivity index (χ0n) is 17.6. The van der Waals surface area contributed by atoms with Crippen LogP contribution < -0.4 is 19.6 Å². The van der Waals surface area contributed by atoms with Crippen molar-refractivity contribution in [3.63, 3.8) is 0 Å². The lowest BCUT2D eigenvalue weighted by atomic mass is 10.2. The number of nitrogens with zero attached hydrogens (tertiary/aromatic N) is 1. The first kappa shape index (κ1) is 24.5. The van der Waals surface area contributed by atoms with Crippen LogP contribution in [0.5, 0.6) is 17.2 Å². The number of ether oxygens (including phenoxy) is 3. The number of carbonyl (C=O) groups is 2. The zero-order chi connectivity index (χ0) is 23.6. The van der Waals surface area contributed by atoms with Crippen molar-refractivity contribution in [1.82, 2.24) is 5.43 Å². The van der Waals surface area contributed by atoms with Crippen molar-refractivity contribution >= 4 is 52.3 Å². The number of hydrogen-bond acceptors (Lipinski definition) is 6. The van der Waals surface area contributed by atoms with E-state index in [4.69, 9.17) is 25.8 Å². The largest absolute Gasteiger partial charge is 0.490 e. The number of nitrogens with one attached hydrogen (secondary N) is 1. The Hall–Kier alpha value is -3.11. The van der Waals surface area contributed by atoms with Crippen LogP contribution in [0.25, 0.3) is 0 Å². The lowest BCUT2D eigenvalue weighted by Gasteiger charge is -2.12. The normalized spacial score (nSPS) is 10.6. The molecule has 3 aromatic rings. The molecule has 170 valence electrons. The smallest absolute Gasteiger partial charge is 0.345 e. The van der Waals surface area contributed by atoms with E-state index in [-0.39, 0.29) is 17.9 Å². The van der Waals surface area contributed by atoms with E-state index >= 15 is 0 Å². The van der Waals surface area contributed by atoms with Crippen LogP contribution in [-0.4, -0.2) is 31.3 Å². The Morgan fingerprint density at radius 2 is 1.79 bits per heavy atom. The summed E-state index contributed by atoms with van der Waals surface area (Å²) in [6.07, 6.45) is 1.45. The molecule has 0 aliphatic carbocycles. The number of rotatable bonds is 9. The van der Waals surface area contributed by atoms with Gasteiger partial charge in [0, 0.05) is 3.57 Å². The monoisotopic (exact) mass is 578 g/mol. The molecule has 0 spiro atoms. The van der Waals surface area contributed by atoms with Crippen molar-refractivity contribution in [2.75, 3.05) is 13.2 Å².